The van der Waals surface area contributed by atoms with Crippen molar-refractivity contribution in [2.75, 3.05) is 0 Å². The van der Waals surface area contributed by atoms with Gasteiger partial charge in [-0.15, -0.1) is 0 Å². The van der Waals surface area contributed by atoms with Gasteiger partial charge in [0.25, 0.3) is 0 Å². The second-order valence-electron chi connectivity index (χ2n) is 5.55. The number of imidazole rings is 1. The molecule has 0 radical (unpaired) electrons. The molecule has 0 bridgehead atoms. The number of hydrogen-bond donors (Lipinski definition) is 0. The highest BCUT2D eigenvalue weighted by atomic mass is 35.5. The lowest BCUT2D eigenvalue weighted by Crippen LogP contribution is -2.08. The van der Waals surface area contributed by atoms with Crippen LogP contribution in [-0.2, 0) is 18.9 Å². The Morgan fingerprint density at radius 1 is 0.857 bits per heavy atom. The van der Waals surface area contributed by atoms with Crippen molar-refractivity contribution in [2.45, 2.75) is 18.9 Å². The average Bonchev–Trinajstić information content (AvgIpc) is 2.93. The van der Waals surface area contributed by atoms with Gasteiger partial charge < -0.3 is 4.57 Å². The van der Waals surface area contributed by atoms with Crippen LogP contribution in [0.25, 0.3) is 11.4 Å². The quantitative estimate of drug-likeness (QED) is 0.488. The van der Waals surface area contributed by atoms with E-state index in [2.05, 4.69) is 15.0 Å². The van der Waals surface area contributed by atoms with E-state index in [0.29, 0.717) is 0 Å². The van der Waals surface area contributed by atoms with E-state index < -0.39 is 28.8 Å². The smallest absolute Gasteiger partial charge is 0.307 e. The van der Waals surface area contributed by atoms with Gasteiger partial charge in [0.1, 0.15) is 16.8 Å². The van der Waals surface area contributed by atoms with Crippen LogP contribution < -0.4 is 0 Å². The topological polar surface area (TPSA) is 43.6 Å². The molecule has 28 heavy (non-hydrogen) atoms. The zero-order chi connectivity index (χ0) is 20.7. The molecule has 1 aromatic carbocycles. The molecule has 0 fully saturated rings. The molecule has 3 rings (SSSR count). The van der Waals surface area contributed by atoms with E-state index in [9.17, 15) is 26.3 Å². The van der Waals surface area contributed by atoms with E-state index in [1.54, 1.807) is 0 Å². The Kier molecular flexibility index (Phi) is 5.28. The summed E-state index contributed by atoms with van der Waals surface area (Å²) < 4.78 is 78.8. The summed E-state index contributed by atoms with van der Waals surface area (Å²) in [4.78, 5) is 11.3. The van der Waals surface area contributed by atoms with Gasteiger partial charge in [-0.2, -0.15) is 26.3 Å². The standard InChI is InChI=1S/C16H8Cl2F6N4/c17-10-5-25-11(26-6-10)7-28-13(18)12(16(22,23)24)27-14(28)8-1-3-9(4-2-8)15(19,20)21/h1-6H,7H2. The van der Waals surface area contributed by atoms with E-state index in [-0.39, 0.29) is 28.8 Å². The summed E-state index contributed by atoms with van der Waals surface area (Å²) in [7, 11) is 0. The van der Waals surface area contributed by atoms with E-state index >= 15 is 0 Å². The Balaban J connectivity index is 2.10. The van der Waals surface area contributed by atoms with Crippen LogP contribution >= 0.6 is 23.2 Å². The van der Waals surface area contributed by atoms with Crippen LogP contribution in [0, 0.1) is 0 Å². The summed E-state index contributed by atoms with van der Waals surface area (Å²) in [6.07, 6.45) is -6.95. The van der Waals surface area contributed by atoms with Crippen LogP contribution in [0.4, 0.5) is 26.3 Å². The van der Waals surface area contributed by atoms with Gasteiger partial charge >= 0.3 is 12.4 Å². The molecule has 0 aliphatic rings. The van der Waals surface area contributed by atoms with Crippen molar-refractivity contribution in [3.8, 4) is 11.4 Å². The Morgan fingerprint density at radius 3 is 1.93 bits per heavy atom. The monoisotopic (exact) mass is 440 g/mol. The van der Waals surface area contributed by atoms with Crippen LogP contribution in [0.2, 0.25) is 10.2 Å². The first-order chi connectivity index (χ1) is 13.0. The maximum Gasteiger partial charge on any atom is 0.436 e. The molecule has 12 heteroatoms. The molecule has 0 aliphatic carbocycles. The van der Waals surface area contributed by atoms with Crippen molar-refractivity contribution >= 4 is 23.2 Å². The van der Waals surface area contributed by atoms with Crippen molar-refractivity contribution in [3.63, 3.8) is 0 Å². The van der Waals surface area contributed by atoms with Crippen molar-refractivity contribution in [2.24, 2.45) is 0 Å². The molecule has 0 spiro atoms. The van der Waals surface area contributed by atoms with Gasteiger partial charge in [0.15, 0.2) is 5.69 Å². The number of nitrogens with zero attached hydrogens (tertiary/aromatic N) is 4. The molecular weight excluding hydrogens is 433 g/mol. The number of rotatable bonds is 3. The number of hydrogen-bond acceptors (Lipinski definition) is 3. The third-order valence-electron chi connectivity index (χ3n) is 3.62. The van der Waals surface area contributed by atoms with Crippen molar-refractivity contribution < 1.29 is 26.3 Å². The lowest BCUT2D eigenvalue weighted by atomic mass is 10.1. The first kappa shape index (κ1) is 20.4. The molecule has 0 saturated heterocycles. The predicted molar refractivity (Wildman–Crippen MR) is 88.8 cm³/mol. The van der Waals surface area contributed by atoms with Crippen LogP contribution in [0.1, 0.15) is 17.1 Å². The Bertz CT molecular complexity index is 979. The number of aromatic nitrogens is 4. The number of alkyl halides is 6. The SMILES string of the molecule is FC(F)(F)c1ccc(-c2nc(C(F)(F)F)c(Cl)n2Cc2ncc(Cl)cn2)cc1. The Morgan fingerprint density at radius 2 is 1.43 bits per heavy atom. The van der Waals surface area contributed by atoms with Crippen molar-refractivity contribution in [1.29, 1.82) is 0 Å². The van der Waals surface area contributed by atoms with Crippen LogP contribution in [-0.4, -0.2) is 19.5 Å². The molecular formula is C16H8Cl2F6N4. The molecule has 0 unspecified atom stereocenters. The van der Waals surface area contributed by atoms with E-state index in [1.807, 2.05) is 0 Å². The molecule has 0 saturated carbocycles. The minimum Gasteiger partial charge on any atom is -0.307 e. The zero-order valence-electron chi connectivity index (χ0n) is 13.5. The molecule has 3 aromatic rings. The average molecular weight is 441 g/mol. The Hall–Kier alpha value is -2.33. The fraction of sp³-hybridized carbons (Fsp3) is 0.188. The molecule has 2 heterocycles. The summed E-state index contributed by atoms with van der Waals surface area (Å²) >= 11 is 11.5. The number of benzene rings is 1. The summed E-state index contributed by atoms with van der Waals surface area (Å²) in [5, 5.41) is -0.514. The van der Waals surface area contributed by atoms with Crippen LogP contribution in [0.3, 0.4) is 0 Å². The fourth-order valence-corrected chi connectivity index (χ4v) is 2.74. The highest BCUT2D eigenvalue weighted by Gasteiger charge is 2.39. The van der Waals surface area contributed by atoms with Gasteiger partial charge in [0.05, 0.1) is 17.1 Å². The lowest BCUT2D eigenvalue weighted by molar-refractivity contribution is -0.141. The second kappa shape index (κ2) is 7.25. The van der Waals surface area contributed by atoms with Gasteiger partial charge in [-0.25, -0.2) is 15.0 Å². The van der Waals surface area contributed by atoms with E-state index in [4.69, 9.17) is 23.2 Å². The minimum absolute atomic E-state index is 0.0133. The molecule has 2 aromatic heterocycles. The largest absolute Gasteiger partial charge is 0.436 e. The molecule has 0 amide bonds. The first-order valence-corrected chi connectivity index (χ1v) is 8.19. The maximum atomic E-state index is 13.2. The highest BCUT2D eigenvalue weighted by molar-refractivity contribution is 6.30. The lowest BCUT2D eigenvalue weighted by Gasteiger charge is -2.10. The highest BCUT2D eigenvalue weighted by Crippen LogP contribution is 2.38. The summed E-state index contributed by atoms with van der Waals surface area (Å²) in [5.74, 6) is -0.185. The molecule has 0 aliphatic heterocycles. The van der Waals surface area contributed by atoms with E-state index in [0.717, 1.165) is 28.8 Å². The minimum atomic E-state index is -4.86. The third kappa shape index (κ3) is 4.22. The summed E-state index contributed by atoms with van der Waals surface area (Å²) in [5.41, 5.74) is -2.30. The predicted octanol–water partition coefficient (Wildman–Crippen LogP) is 5.73. The van der Waals surface area contributed by atoms with Gasteiger partial charge in [0, 0.05) is 18.0 Å². The van der Waals surface area contributed by atoms with Gasteiger partial charge in [-0.05, 0) is 12.1 Å². The summed E-state index contributed by atoms with van der Waals surface area (Å²) in [6.45, 7) is -0.296. The fourth-order valence-electron chi connectivity index (χ4n) is 2.35. The van der Waals surface area contributed by atoms with Gasteiger partial charge in [0.2, 0.25) is 0 Å². The Labute approximate surface area is 163 Å². The second-order valence-corrected chi connectivity index (χ2v) is 6.35. The first-order valence-electron chi connectivity index (χ1n) is 7.44. The van der Waals surface area contributed by atoms with Gasteiger partial charge in [-0.1, -0.05) is 35.3 Å². The molecule has 0 atom stereocenters. The van der Waals surface area contributed by atoms with Crippen molar-refractivity contribution in [1.82, 2.24) is 19.5 Å². The summed E-state index contributed by atoms with van der Waals surface area (Å²) in [6, 6.07) is 3.52. The number of halogens is 8. The normalized spacial score (nSPS) is 12.4. The maximum absolute atomic E-state index is 13.2. The van der Waals surface area contributed by atoms with Crippen LogP contribution in [0.15, 0.2) is 36.7 Å². The van der Waals surface area contributed by atoms with Gasteiger partial charge in [-0.3, -0.25) is 0 Å². The zero-order valence-corrected chi connectivity index (χ0v) is 15.0. The molecule has 0 N–H and O–H groups in total. The molecule has 148 valence electrons. The molecule has 4 nitrogen and oxygen atoms in total. The third-order valence-corrected chi connectivity index (χ3v) is 4.20. The van der Waals surface area contributed by atoms with E-state index in [1.165, 1.54) is 12.4 Å². The van der Waals surface area contributed by atoms with Crippen LogP contribution in [0.5, 0.6) is 0 Å². The van der Waals surface area contributed by atoms with Crippen molar-refractivity contribution in [3.05, 3.63) is 63.9 Å².